The van der Waals surface area contributed by atoms with Crippen LogP contribution in [0.25, 0.3) is 0 Å². The monoisotopic (exact) mass is 513 g/mol. The van der Waals surface area contributed by atoms with Crippen LogP contribution in [0.1, 0.15) is 31.4 Å². The fourth-order valence-electron chi connectivity index (χ4n) is 3.87. The summed E-state index contributed by atoms with van der Waals surface area (Å²) in [6.07, 6.45) is 4.20. The van der Waals surface area contributed by atoms with E-state index in [-0.39, 0.29) is 18.5 Å². The molecule has 1 aliphatic carbocycles. The van der Waals surface area contributed by atoms with Gasteiger partial charge < -0.3 is 15.2 Å². The molecule has 0 unspecified atom stereocenters. The predicted molar refractivity (Wildman–Crippen MR) is 130 cm³/mol. The van der Waals surface area contributed by atoms with Crippen LogP contribution in [0.2, 0.25) is 10.0 Å². The van der Waals surface area contributed by atoms with E-state index in [1.165, 1.54) is 11.3 Å². The average molecular weight is 515 g/mol. The summed E-state index contributed by atoms with van der Waals surface area (Å²) in [5.41, 5.74) is -0.133. The number of pyridine rings is 1. The van der Waals surface area contributed by atoms with Gasteiger partial charge in [0.25, 0.3) is 0 Å². The third-order valence-electron chi connectivity index (χ3n) is 5.55. The molecule has 1 saturated carbocycles. The normalized spacial score (nSPS) is 20.2. The molecule has 0 atom stereocenters. The van der Waals surface area contributed by atoms with Crippen molar-refractivity contribution >= 4 is 63.9 Å². The van der Waals surface area contributed by atoms with Crippen LogP contribution in [0.3, 0.4) is 0 Å². The first-order valence-electron chi connectivity index (χ1n) is 9.92. The van der Waals surface area contributed by atoms with E-state index in [0.29, 0.717) is 53.7 Å². The van der Waals surface area contributed by atoms with Crippen LogP contribution < -0.4 is 10.1 Å². The van der Waals surface area contributed by atoms with Gasteiger partial charge in [-0.1, -0.05) is 35.3 Å². The minimum atomic E-state index is -0.870. The fraction of sp³-hybridized carbons (Fsp3) is 0.318. The Morgan fingerprint density at radius 1 is 1.22 bits per heavy atom. The van der Waals surface area contributed by atoms with Crippen molar-refractivity contribution in [3.63, 3.8) is 0 Å². The standard InChI is InChI=1S/C22H21Cl2N3O3S.ClH/c23-16-4-2-5-17(19(16)24)30-15-7-9-22(10-8-15,20(28)29)13-14-3-1-6-18(26-14)27-21-25-11-12-31-21;/h1-6,11-12,15H,7-10,13H2,(H,28,29)(H,25,26,27);1H/t15-,22-;. The van der Waals surface area contributed by atoms with Gasteiger partial charge in [0.2, 0.25) is 0 Å². The van der Waals surface area contributed by atoms with Crippen LogP contribution >= 0.6 is 46.9 Å². The van der Waals surface area contributed by atoms with Gasteiger partial charge in [0.05, 0.1) is 16.5 Å². The van der Waals surface area contributed by atoms with Crippen molar-refractivity contribution < 1.29 is 14.6 Å². The van der Waals surface area contributed by atoms with E-state index in [2.05, 4.69) is 15.3 Å². The molecule has 0 bridgehead atoms. The number of hydrogen-bond donors (Lipinski definition) is 2. The lowest BCUT2D eigenvalue weighted by Gasteiger charge is -2.36. The summed E-state index contributed by atoms with van der Waals surface area (Å²) in [7, 11) is 0. The topological polar surface area (TPSA) is 84.3 Å². The number of benzene rings is 1. The van der Waals surface area contributed by atoms with Gasteiger partial charge in [0.1, 0.15) is 16.6 Å². The minimum Gasteiger partial charge on any atom is -0.489 e. The van der Waals surface area contributed by atoms with E-state index in [9.17, 15) is 9.90 Å². The summed E-state index contributed by atoms with van der Waals surface area (Å²) in [5, 5.41) is 16.6. The van der Waals surface area contributed by atoms with Crippen LogP contribution in [-0.4, -0.2) is 27.1 Å². The summed E-state index contributed by atoms with van der Waals surface area (Å²) in [4.78, 5) is 21.1. The number of rotatable bonds is 7. The van der Waals surface area contributed by atoms with Crippen LogP contribution in [0.15, 0.2) is 48.0 Å². The van der Waals surface area contributed by atoms with Gasteiger partial charge in [0.15, 0.2) is 5.13 Å². The van der Waals surface area contributed by atoms with Crippen molar-refractivity contribution in [2.45, 2.75) is 38.2 Å². The summed E-state index contributed by atoms with van der Waals surface area (Å²) in [6, 6.07) is 10.9. The van der Waals surface area contributed by atoms with Crippen molar-refractivity contribution in [3.05, 3.63) is 63.7 Å². The Morgan fingerprint density at radius 2 is 1.97 bits per heavy atom. The molecule has 10 heteroatoms. The number of nitrogens with one attached hydrogen (secondary N) is 1. The van der Waals surface area contributed by atoms with E-state index in [0.717, 1.165) is 10.8 Å². The maximum atomic E-state index is 12.3. The highest BCUT2D eigenvalue weighted by molar-refractivity contribution is 7.13. The van der Waals surface area contributed by atoms with Gasteiger partial charge in [-0.15, -0.1) is 23.7 Å². The van der Waals surface area contributed by atoms with E-state index in [4.69, 9.17) is 27.9 Å². The molecule has 2 N–H and O–H groups in total. The molecule has 0 saturated heterocycles. The smallest absolute Gasteiger partial charge is 0.310 e. The molecule has 32 heavy (non-hydrogen) atoms. The van der Waals surface area contributed by atoms with Gasteiger partial charge in [-0.05, 0) is 49.9 Å². The Bertz CT molecular complexity index is 1060. The summed E-state index contributed by atoms with van der Waals surface area (Å²) >= 11 is 13.8. The lowest BCUT2D eigenvalue weighted by atomic mass is 9.70. The molecular formula is C22H22Cl3N3O3S. The molecule has 0 aliphatic heterocycles. The van der Waals surface area contributed by atoms with Crippen LogP contribution in [-0.2, 0) is 11.2 Å². The lowest BCUT2D eigenvalue weighted by molar-refractivity contribution is -0.152. The highest BCUT2D eigenvalue weighted by atomic mass is 35.5. The highest BCUT2D eigenvalue weighted by Crippen LogP contribution is 2.42. The Kier molecular flexibility index (Phi) is 8.22. The second-order valence-corrected chi connectivity index (χ2v) is 9.29. The Hall–Kier alpha value is -2.06. The molecule has 0 spiro atoms. The van der Waals surface area contributed by atoms with Gasteiger partial charge in [0, 0.05) is 23.7 Å². The van der Waals surface area contributed by atoms with E-state index in [1.807, 2.05) is 23.6 Å². The number of carboxylic acid groups (broad SMARTS) is 1. The molecule has 1 aliphatic rings. The Labute approximate surface area is 206 Å². The molecule has 6 nitrogen and oxygen atoms in total. The Balaban J connectivity index is 0.00000289. The minimum absolute atomic E-state index is 0. The van der Waals surface area contributed by atoms with E-state index < -0.39 is 11.4 Å². The fourth-order valence-corrected chi connectivity index (χ4v) is 4.74. The van der Waals surface area contributed by atoms with E-state index in [1.54, 1.807) is 24.4 Å². The number of halogens is 3. The predicted octanol–water partition coefficient (Wildman–Crippen LogP) is 6.65. The first-order valence-corrected chi connectivity index (χ1v) is 11.6. The molecular weight excluding hydrogens is 493 g/mol. The molecule has 0 radical (unpaired) electrons. The zero-order valence-electron chi connectivity index (χ0n) is 17.0. The first-order chi connectivity index (χ1) is 14.9. The molecule has 1 fully saturated rings. The maximum absolute atomic E-state index is 12.3. The lowest BCUT2D eigenvalue weighted by Crippen LogP contribution is -2.40. The van der Waals surface area contributed by atoms with Crippen molar-refractivity contribution in [1.29, 1.82) is 0 Å². The summed E-state index contributed by atoms with van der Waals surface area (Å²) in [6.45, 7) is 0. The first kappa shape index (κ1) is 24.6. The molecule has 1 aromatic carbocycles. The van der Waals surface area contributed by atoms with Gasteiger partial charge in [-0.25, -0.2) is 9.97 Å². The third-order valence-corrected chi connectivity index (χ3v) is 7.04. The van der Waals surface area contributed by atoms with Crippen LogP contribution in [0, 0.1) is 5.41 Å². The van der Waals surface area contributed by atoms with Crippen LogP contribution in [0.4, 0.5) is 10.9 Å². The van der Waals surface area contributed by atoms with Crippen molar-refractivity contribution in [2.24, 2.45) is 5.41 Å². The molecule has 0 amide bonds. The Morgan fingerprint density at radius 3 is 2.66 bits per heavy atom. The number of thiazole rings is 1. The molecule has 2 aromatic heterocycles. The number of hydrogen-bond acceptors (Lipinski definition) is 6. The van der Waals surface area contributed by atoms with Crippen molar-refractivity contribution in [2.75, 3.05) is 5.32 Å². The number of anilines is 2. The summed E-state index contributed by atoms with van der Waals surface area (Å²) in [5.74, 6) is 0.386. The SMILES string of the molecule is Cl.O=C(O)[C@]1(Cc2cccc(Nc3nccs3)n2)CC[C@@H](Oc2cccc(Cl)c2Cl)CC1. The number of aromatic nitrogens is 2. The van der Waals surface area contributed by atoms with Crippen molar-refractivity contribution in [1.82, 2.24) is 9.97 Å². The van der Waals surface area contributed by atoms with Gasteiger partial charge in [-0.3, -0.25) is 4.79 Å². The number of aliphatic carboxylic acids is 1. The molecule has 2 heterocycles. The summed E-state index contributed by atoms with van der Waals surface area (Å²) < 4.78 is 6.03. The molecule has 170 valence electrons. The van der Waals surface area contributed by atoms with Gasteiger partial charge in [-0.2, -0.15) is 0 Å². The number of nitrogens with zero attached hydrogens (tertiary/aromatic N) is 2. The molecule has 3 aromatic rings. The second kappa shape index (κ2) is 10.7. The largest absolute Gasteiger partial charge is 0.489 e. The van der Waals surface area contributed by atoms with Gasteiger partial charge >= 0.3 is 5.97 Å². The number of ether oxygens (including phenoxy) is 1. The maximum Gasteiger partial charge on any atom is 0.310 e. The zero-order valence-corrected chi connectivity index (χ0v) is 20.1. The molecule has 4 rings (SSSR count). The number of carbonyl (C=O) groups is 1. The average Bonchev–Trinajstić information content (AvgIpc) is 3.26. The number of carboxylic acids is 1. The van der Waals surface area contributed by atoms with E-state index >= 15 is 0 Å². The quantitative estimate of drug-likeness (QED) is 0.367. The second-order valence-electron chi connectivity index (χ2n) is 7.61. The zero-order chi connectivity index (χ0) is 21.8. The van der Waals surface area contributed by atoms with Crippen molar-refractivity contribution in [3.8, 4) is 5.75 Å². The highest BCUT2D eigenvalue weighted by Gasteiger charge is 2.43. The van der Waals surface area contributed by atoms with Crippen LogP contribution in [0.5, 0.6) is 5.75 Å². The third kappa shape index (κ3) is 5.64.